The van der Waals surface area contributed by atoms with Gasteiger partial charge in [-0.2, -0.15) is 5.10 Å². The van der Waals surface area contributed by atoms with Crippen molar-refractivity contribution in [2.24, 2.45) is 0 Å². The molecule has 2 N–H and O–H groups in total. The van der Waals surface area contributed by atoms with Crippen LogP contribution in [0, 0.1) is 0 Å². The van der Waals surface area contributed by atoms with Crippen LogP contribution in [0.25, 0.3) is 0 Å². The summed E-state index contributed by atoms with van der Waals surface area (Å²) in [6.07, 6.45) is 1.89. The number of thiocarbonyl (C=S) groups is 1. The Hall–Kier alpha value is -1.60. The summed E-state index contributed by atoms with van der Waals surface area (Å²) < 4.78 is 2.89. The Morgan fingerprint density at radius 1 is 1.08 bits per heavy atom. The molecule has 0 saturated heterocycles. The van der Waals surface area contributed by atoms with Gasteiger partial charge < -0.3 is 10.6 Å². The van der Waals surface area contributed by atoms with Gasteiger partial charge in [-0.05, 0) is 48.1 Å². The number of aromatic nitrogens is 2. The highest BCUT2D eigenvalue weighted by Crippen LogP contribution is 2.25. The molecule has 0 aliphatic heterocycles. The first-order chi connectivity index (χ1) is 12.0. The molecule has 1 heterocycles. The molecule has 0 bridgehead atoms. The molecule has 0 unspecified atom stereocenters. The van der Waals surface area contributed by atoms with Gasteiger partial charge in [0, 0.05) is 21.8 Å². The number of anilines is 2. The lowest BCUT2D eigenvalue weighted by atomic mass is 10.2. The topological polar surface area (TPSA) is 41.9 Å². The second-order valence-electron chi connectivity index (χ2n) is 5.23. The summed E-state index contributed by atoms with van der Waals surface area (Å²) in [6, 6.07) is 15.1. The van der Waals surface area contributed by atoms with Gasteiger partial charge >= 0.3 is 0 Å². The minimum atomic E-state index is 0.401. The highest BCUT2D eigenvalue weighted by molar-refractivity contribution is 9.10. The molecule has 0 aliphatic rings. The average Bonchev–Trinajstić information content (AvgIpc) is 2.99. The van der Waals surface area contributed by atoms with E-state index in [-0.39, 0.29) is 0 Å². The molecular formula is C17H13BrCl2N4S. The summed E-state index contributed by atoms with van der Waals surface area (Å²) in [5.41, 5.74) is 1.84. The maximum atomic E-state index is 6.12. The first-order valence-corrected chi connectivity index (χ1v) is 9.26. The minimum absolute atomic E-state index is 0.401. The van der Waals surface area contributed by atoms with Crippen LogP contribution in [0.1, 0.15) is 5.56 Å². The predicted molar refractivity (Wildman–Crippen MR) is 112 cm³/mol. The fourth-order valence-corrected chi connectivity index (χ4v) is 3.09. The molecule has 128 valence electrons. The van der Waals surface area contributed by atoms with Gasteiger partial charge in [0.2, 0.25) is 0 Å². The molecule has 1 aromatic heterocycles. The molecule has 3 aromatic rings. The number of benzene rings is 2. The van der Waals surface area contributed by atoms with Crippen molar-refractivity contribution in [2.75, 3.05) is 10.6 Å². The SMILES string of the molecule is S=C(Nc1ccn(Cc2ccc(Br)cc2)n1)Nc1ccc(Cl)cc1Cl. The maximum absolute atomic E-state index is 6.12. The van der Waals surface area contributed by atoms with E-state index in [0.29, 0.717) is 33.2 Å². The van der Waals surface area contributed by atoms with Gasteiger partial charge in [-0.3, -0.25) is 4.68 Å². The van der Waals surface area contributed by atoms with Crippen LogP contribution in [-0.4, -0.2) is 14.9 Å². The quantitative estimate of drug-likeness (QED) is 0.487. The Morgan fingerprint density at radius 3 is 2.56 bits per heavy atom. The zero-order valence-electron chi connectivity index (χ0n) is 12.8. The third-order valence-electron chi connectivity index (χ3n) is 3.32. The Kier molecular flexibility index (Phi) is 5.96. The zero-order chi connectivity index (χ0) is 17.8. The largest absolute Gasteiger partial charge is 0.331 e. The molecule has 0 spiro atoms. The van der Waals surface area contributed by atoms with Gasteiger partial charge in [0.25, 0.3) is 0 Å². The Labute approximate surface area is 169 Å². The van der Waals surface area contributed by atoms with Gasteiger partial charge in [-0.25, -0.2) is 0 Å². The fraction of sp³-hybridized carbons (Fsp3) is 0.0588. The predicted octanol–water partition coefficient (Wildman–Crippen LogP) is 5.81. The average molecular weight is 456 g/mol. The van der Waals surface area contributed by atoms with Crippen LogP contribution >= 0.6 is 51.3 Å². The lowest BCUT2D eigenvalue weighted by molar-refractivity contribution is 0.690. The van der Waals surface area contributed by atoms with Gasteiger partial charge in [0.05, 0.1) is 17.3 Å². The lowest BCUT2D eigenvalue weighted by Gasteiger charge is -2.10. The normalized spacial score (nSPS) is 10.5. The van der Waals surface area contributed by atoms with E-state index in [1.807, 2.05) is 41.2 Å². The number of halogens is 3. The van der Waals surface area contributed by atoms with Gasteiger partial charge in [0.15, 0.2) is 10.9 Å². The molecular weight excluding hydrogens is 443 g/mol. The van der Waals surface area contributed by atoms with Crippen molar-refractivity contribution in [3.63, 3.8) is 0 Å². The molecule has 8 heteroatoms. The van der Waals surface area contributed by atoms with Crippen molar-refractivity contribution < 1.29 is 0 Å². The first-order valence-electron chi connectivity index (χ1n) is 7.30. The van der Waals surface area contributed by atoms with Crippen LogP contribution < -0.4 is 10.6 Å². The maximum Gasteiger partial charge on any atom is 0.176 e. The lowest BCUT2D eigenvalue weighted by Crippen LogP contribution is -2.19. The van der Waals surface area contributed by atoms with Crippen molar-refractivity contribution in [3.05, 3.63) is 74.8 Å². The second-order valence-corrected chi connectivity index (χ2v) is 7.40. The van der Waals surface area contributed by atoms with Crippen molar-refractivity contribution in [1.29, 1.82) is 0 Å². The first kappa shape index (κ1) is 18.2. The van der Waals surface area contributed by atoms with Gasteiger partial charge in [0.1, 0.15) is 0 Å². The fourth-order valence-electron chi connectivity index (χ4n) is 2.15. The van der Waals surface area contributed by atoms with Gasteiger partial charge in [-0.15, -0.1) is 0 Å². The van der Waals surface area contributed by atoms with Crippen LogP contribution in [-0.2, 0) is 6.54 Å². The van der Waals surface area contributed by atoms with E-state index in [2.05, 4.69) is 31.7 Å². The molecule has 0 atom stereocenters. The summed E-state index contributed by atoms with van der Waals surface area (Å²) in [5, 5.41) is 12.0. The molecule has 4 nitrogen and oxygen atoms in total. The summed E-state index contributed by atoms with van der Waals surface area (Å²) >= 11 is 20.7. The van der Waals surface area contributed by atoms with E-state index in [4.69, 9.17) is 35.4 Å². The monoisotopic (exact) mass is 454 g/mol. The number of rotatable bonds is 4. The zero-order valence-corrected chi connectivity index (χ0v) is 16.8. The Balaban J connectivity index is 1.60. The molecule has 25 heavy (non-hydrogen) atoms. The Bertz CT molecular complexity index is 896. The minimum Gasteiger partial charge on any atom is -0.331 e. The molecule has 3 rings (SSSR count). The van der Waals surface area contributed by atoms with E-state index in [0.717, 1.165) is 10.0 Å². The molecule has 0 radical (unpaired) electrons. The third kappa shape index (κ3) is 5.19. The number of hydrogen-bond acceptors (Lipinski definition) is 2. The number of nitrogens with one attached hydrogen (secondary N) is 2. The van der Waals surface area contributed by atoms with E-state index >= 15 is 0 Å². The molecule has 0 aliphatic carbocycles. The highest BCUT2D eigenvalue weighted by atomic mass is 79.9. The van der Waals surface area contributed by atoms with Crippen LogP contribution in [0.5, 0.6) is 0 Å². The van der Waals surface area contributed by atoms with E-state index < -0.39 is 0 Å². The van der Waals surface area contributed by atoms with Crippen molar-refractivity contribution in [1.82, 2.24) is 9.78 Å². The van der Waals surface area contributed by atoms with E-state index in [1.165, 1.54) is 0 Å². The van der Waals surface area contributed by atoms with Crippen LogP contribution in [0.15, 0.2) is 59.2 Å². The summed E-state index contributed by atoms with van der Waals surface area (Å²) in [4.78, 5) is 0. The smallest absolute Gasteiger partial charge is 0.176 e. The van der Waals surface area contributed by atoms with E-state index in [1.54, 1.807) is 18.2 Å². The summed E-state index contributed by atoms with van der Waals surface area (Å²) in [5.74, 6) is 0.652. The van der Waals surface area contributed by atoms with Gasteiger partial charge in [-0.1, -0.05) is 51.3 Å². The summed E-state index contributed by atoms with van der Waals surface area (Å²) in [7, 11) is 0. The second kappa shape index (κ2) is 8.19. The summed E-state index contributed by atoms with van der Waals surface area (Å²) in [6.45, 7) is 0.679. The number of hydrogen-bond donors (Lipinski definition) is 2. The van der Waals surface area contributed by atoms with Crippen molar-refractivity contribution in [3.8, 4) is 0 Å². The van der Waals surface area contributed by atoms with Crippen LogP contribution in [0.2, 0.25) is 10.0 Å². The molecule has 0 fully saturated rings. The standard InChI is InChI=1S/C17H13BrCl2N4S/c18-12-3-1-11(2-4-12)10-24-8-7-16(23-24)22-17(25)21-15-6-5-13(19)9-14(15)20/h1-9H,10H2,(H2,21,22,23,25). The third-order valence-corrected chi connectivity index (χ3v) is 4.60. The van der Waals surface area contributed by atoms with Crippen LogP contribution in [0.4, 0.5) is 11.5 Å². The number of nitrogens with zero attached hydrogens (tertiary/aromatic N) is 2. The molecule has 0 amide bonds. The Morgan fingerprint density at radius 2 is 1.84 bits per heavy atom. The molecule has 0 saturated carbocycles. The van der Waals surface area contributed by atoms with Crippen molar-refractivity contribution >= 4 is 68.0 Å². The van der Waals surface area contributed by atoms with E-state index in [9.17, 15) is 0 Å². The highest BCUT2D eigenvalue weighted by Gasteiger charge is 2.06. The molecule has 2 aromatic carbocycles. The van der Waals surface area contributed by atoms with Crippen molar-refractivity contribution in [2.45, 2.75) is 6.54 Å². The van der Waals surface area contributed by atoms with Crippen LogP contribution in [0.3, 0.4) is 0 Å².